The van der Waals surface area contributed by atoms with Crippen molar-refractivity contribution in [3.63, 3.8) is 0 Å². The Kier molecular flexibility index (Phi) is 6.45. The molecule has 0 spiro atoms. The molecular formula is C17H18BrClN2O2. The molecule has 0 aromatic heterocycles. The van der Waals surface area contributed by atoms with Gasteiger partial charge in [0.1, 0.15) is 5.75 Å². The first-order chi connectivity index (χ1) is 11.0. The van der Waals surface area contributed by atoms with Crippen molar-refractivity contribution in [3.05, 3.63) is 57.5 Å². The van der Waals surface area contributed by atoms with Crippen LogP contribution in [0.2, 0.25) is 5.02 Å². The van der Waals surface area contributed by atoms with Crippen LogP contribution in [0, 0.1) is 0 Å². The standard InChI is InChI=1S/C17H18BrClN2O2/c1-21(10-12-3-5-13(18)6-4-12)11-17(22)20-15-9-14(19)7-8-16(15)23-2/h3-9H,10-11H2,1-2H3,(H,20,22). The number of methoxy groups -OCH3 is 1. The highest BCUT2D eigenvalue weighted by Gasteiger charge is 2.11. The number of amides is 1. The molecule has 1 N–H and O–H groups in total. The zero-order chi connectivity index (χ0) is 16.8. The summed E-state index contributed by atoms with van der Waals surface area (Å²) in [7, 11) is 3.45. The van der Waals surface area contributed by atoms with E-state index in [1.54, 1.807) is 25.3 Å². The Morgan fingerprint density at radius 1 is 1.26 bits per heavy atom. The highest BCUT2D eigenvalue weighted by atomic mass is 79.9. The summed E-state index contributed by atoms with van der Waals surface area (Å²) in [5.74, 6) is 0.462. The van der Waals surface area contributed by atoms with Crippen LogP contribution in [0.1, 0.15) is 5.56 Å². The molecule has 23 heavy (non-hydrogen) atoms. The van der Waals surface area contributed by atoms with Gasteiger partial charge in [-0.1, -0.05) is 39.7 Å². The zero-order valence-electron chi connectivity index (χ0n) is 13.0. The van der Waals surface area contributed by atoms with E-state index < -0.39 is 0 Å². The minimum absolute atomic E-state index is 0.120. The van der Waals surface area contributed by atoms with Crippen LogP contribution in [0.25, 0.3) is 0 Å². The lowest BCUT2D eigenvalue weighted by Crippen LogP contribution is -2.29. The van der Waals surface area contributed by atoms with Gasteiger partial charge in [-0.3, -0.25) is 9.69 Å². The van der Waals surface area contributed by atoms with Crippen molar-refractivity contribution in [1.82, 2.24) is 4.90 Å². The number of rotatable bonds is 6. The number of carbonyl (C=O) groups excluding carboxylic acids is 1. The van der Waals surface area contributed by atoms with Crippen LogP contribution in [-0.2, 0) is 11.3 Å². The van der Waals surface area contributed by atoms with Crippen molar-refractivity contribution in [1.29, 1.82) is 0 Å². The zero-order valence-corrected chi connectivity index (χ0v) is 15.3. The Labute approximate surface area is 149 Å². The molecule has 2 aromatic carbocycles. The van der Waals surface area contributed by atoms with Gasteiger partial charge in [-0.2, -0.15) is 0 Å². The van der Waals surface area contributed by atoms with Crippen LogP contribution in [-0.4, -0.2) is 31.5 Å². The van der Waals surface area contributed by atoms with Crippen LogP contribution in [0.5, 0.6) is 5.75 Å². The molecule has 122 valence electrons. The number of halogens is 2. The lowest BCUT2D eigenvalue weighted by molar-refractivity contribution is -0.117. The van der Waals surface area contributed by atoms with Gasteiger partial charge in [0, 0.05) is 16.0 Å². The van der Waals surface area contributed by atoms with Crippen molar-refractivity contribution < 1.29 is 9.53 Å². The van der Waals surface area contributed by atoms with Gasteiger partial charge < -0.3 is 10.1 Å². The van der Waals surface area contributed by atoms with Crippen LogP contribution in [0.3, 0.4) is 0 Å². The van der Waals surface area contributed by atoms with E-state index in [0.717, 1.165) is 10.0 Å². The third kappa shape index (κ3) is 5.53. The van der Waals surface area contributed by atoms with Crippen molar-refractivity contribution in [2.45, 2.75) is 6.54 Å². The quantitative estimate of drug-likeness (QED) is 0.795. The molecule has 0 unspecified atom stereocenters. The minimum atomic E-state index is -0.120. The van der Waals surface area contributed by atoms with Gasteiger partial charge in [-0.15, -0.1) is 0 Å². The maximum atomic E-state index is 12.2. The summed E-state index contributed by atoms with van der Waals surface area (Å²) in [6.45, 7) is 0.957. The third-order valence-electron chi connectivity index (χ3n) is 3.21. The van der Waals surface area contributed by atoms with Gasteiger partial charge in [0.25, 0.3) is 0 Å². The van der Waals surface area contributed by atoms with E-state index in [2.05, 4.69) is 21.2 Å². The summed E-state index contributed by atoms with van der Waals surface area (Å²) in [4.78, 5) is 14.1. The van der Waals surface area contributed by atoms with Crippen LogP contribution >= 0.6 is 27.5 Å². The molecule has 0 aliphatic carbocycles. The molecule has 4 nitrogen and oxygen atoms in total. The average Bonchev–Trinajstić information content (AvgIpc) is 2.49. The van der Waals surface area contributed by atoms with E-state index >= 15 is 0 Å². The highest BCUT2D eigenvalue weighted by molar-refractivity contribution is 9.10. The highest BCUT2D eigenvalue weighted by Crippen LogP contribution is 2.27. The van der Waals surface area contributed by atoms with Gasteiger partial charge >= 0.3 is 0 Å². The van der Waals surface area contributed by atoms with Crippen LogP contribution in [0.4, 0.5) is 5.69 Å². The monoisotopic (exact) mass is 396 g/mol. The fourth-order valence-corrected chi connectivity index (χ4v) is 2.61. The Morgan fingerprint density at radius 3 is 2.61 bits per heavy atom. The number of likely N-dealkylation sites (N-methyl/N-ethyl adjacent to an activating group) is 1. The number of nitrogens with one attached hydrogen (secondary N) is 1. The normalized spacial score (nSPS) is 10.7. The smallest absolute Gasteiger partial charge is 0.238 e. The lowest BCUT2D eigenvalue weighted by Gasteiger charge is -2.17. The topological polar surface area (TPSA) is 41.6 Å². The first-order valence-corrected chi connectivity index (χ1v) is 8.21. The molecule has 0 saturated heterocycles. The average molecular weight is 398 g/mol. The predicted molar refractivity (Wildman–Crippen MR) is 97.1 cm³/mol. The first-order valence-electron chi connectivity index (χ1n) is 7.04. The summed E-state index contributed by atoms with van der Waals surface area (Å²) in [6.07, 6.45) is 0. The third-order valence-corrected chi connectivity index (χ3v) is 3.98. The molecular weight excluding hydrogens is 380 g/mol. The maximum Gasteiger partial charge on any atom is 0.238 e. The predicted octanol–water partition coefficient (Wildman–Crippen LogP) is 4.18. The molecule has 0 bridgehead atoms. The summed E-state index contributed by atoms with van der Waals surface area (Å²) in [5, 5.41) is 3.38. The van der Waals surface area contributed by atoms with Gasteiger partial charge in [-0.25, -0.2) is 0 Å². The Bertz CT molecular complexity index is 677. The van der Waals surface area contributed by atoms with Gasteiger partial charge in [0.2, 0.25) is 5.91 Å². The number of nitrogens with zero attached hydrogens (tertiary/aromatic N) is 1. The molecule has 1 amide bonds. The number of hydrogen-bond donors (Lipinski definition) is 1. The number of carbonyl (C=O) groups is 1. The molecule has 2 aromatic rings. The van der Waals surface area contributed by atoms with Gasteiger partial charge in [-0.05, 0) is 42.9 Å². The Balaban J connectivity index is 1.94. The first kappa shape index (κ1) is 17.8. The van der Waals surface area contributed by atoms with E-state index in [1.165, 1.54) is 0 Å². The van der Waals surface area contributed by atoms with E-state index in [9.17, 15) is 4.79 Å². The summed E-state index contributed by atoms with van der Waals surface area (Å²) >= 11 is 9.37. The van der Waals surface area contributed by atoms with Crippen molar-refractivity contribution >= 4 is 39.1 Å². The number of anilines is 1. The molecule has 0 atom stereocenters. The van der Waals surface area contributed by atoms with Crippen molar-refractivity contribution in [2.75, 3.05) is 26.0 Å². The second-order valence-corrected chi connectivity index (χ2v) is 6.54. The maximum absolute atomic E-state index is 12.2. The number of hydrogen-bond acceptors (Lipinski definition) is 3. The van der Waals surface area contributed by atoms with E-state index in [1.807, 2.05) is 36.2 Å². The summed E-state index contributed by atoms with van der Waals surface area (Å²) in [5.41, 5.74) is 1.71. The summed E-state index contributed by atoms with van der Waals surface area (Å²) < 4.78 is 6.26. The van der Waals surface area contributed by atoms with E-state index in [-0.39, 0.29) is 12.5 Å². The molecule has 2 rings (SSSR count). The van der Waals surface area contributed by atoms with Crippen molar-refractivity contribution in [3.8, 4) is 5.75 Å². The van der Waals surface area contributed by atoms with Crippen LogP contribution in [0.15, 0.2) is 46.9 Å². The van der Waals surface area contributed by atoms with Gasteiger partial charge in [0.15, 0.2) is 0 Å². The Hall–Kier alpha value is -1.56. The lowest BCUT2D eigenvalue weighted by atomic mass is 10.2. The van der Waals surface area contributed by atoms with Crippen LogP contribution < -0.4 is 10.1 Å². The SMILES string of the molecule is COc1ccc(Cl)cc1NC(=O)CN(C)Cc1ccc(Br)cc1. The molecule has 0 aliphatic rings. The number of ether oxygens (including phenoxy) is 1. The minimum Gasteiger partial charge on any atom is -0.495 e. The van der Waals surface area contributed by atoms with Crippen molar-refractivity contribution in [2.24, 2.45) is 0 Å². The molecule has 6 heteroatoms. The second-order valence-electron chi connectivity index (χ2n) is 5.19. The molecule has 0 fully saturated rings. The molecule has 0 saturated carbocycles. The molecule has 0 radical (unpaired) electrons. The Morgan fingerprint density at radius 2 is 1.96 bits per heavy atom. The fraction of sp³-hybridized carbons (Fsp3) is 0.235. The summed E-state index contributed by atoms with van der Waals surface area (Å²) in [6, 6.07) is 13.1. The van der Waals surface area contributed by atoms with E-state index in [0.29, 0.717) is 23.0 Å². The molecule has 0 heterocycles. The largest absolute Gasteiger partial charge is 0.495 e. The molecule has 0 aliphatic heterocycles. The van der Waals surface area contributed by atoms with E-state index in [4.69, 9.17) is 16.3 Å². The van der Waals surface area contributed by atoms with Gasteiger partial charge in [0.05, 0.1) is 19.3 Å². The second kappa shape index (κ2) is 8.34. The number of benzene rings is 2. The fourth-order valence-electron chi connectivity index (χ4n) is 2.17.